The van der Waals surface area contributed by atoms with E-state index >= 15 is 0 Å². The third kappa shape index (κ3) is 2.78. The lowest BCUT2D eigenvalue weighted by molar-refractivity contribution is 0.597. The first-order valence-electron chi connectivity index (χ1n) is 4.28. The Hall–Kier alpha value is -0.430. The Morgan fingerprint density at radius 1 is 1.57 bits per heavy atom. The number of primary sulfonamides is 1. The molecule has 0 amide bonds. The molecule has 0 aliphatic carbocycles. The van der Waals surface area contributed by atoms with Gasteiger partial charge in [0, 0.05) is 16.3 Å². The van der Waals surface area contributed by atoms with Crippen molar-refractivity contribution in [2.24, 2.45) is 5.14 Å². The molecule has 14 heavy (non-hydrogen) atoms. The van der Waals surface area contributed by atoms with Crippen LogP contribution in [0.15, 0.2) is 11.0 Å². The second kappa shape index (κ2) is 4.39. The van der Waals surface area contributed by atoms with Gasteiger partial charge in [-0.3, -0.25) is 0 Å². The number of hydrogen-bond acceptors (Lipinski definition) is 4. The largest absolute Gasteiger partial charge is 0.312 e. The molecular weight excluding hydrogens is 220 g/mol. The molecule has 0 aliphatic rings. The van der Waals surface area contributed by atoms with Crippen LogP contribution in [-0.2, 0) is 16.6 Å². The van der Waals surface area contributed by atoms with Gasteiger partial charge >= 0.3 is 0 Å². The van der Waals surface area contributed by atoms with Gasteiger partial charge in [0.15, 0.2) is 0 Å². The van der Waals surface area contributed by atoms with Crippen LogP contribution >= 0.6 is 11.3 Å². The van der Waals surface area contributed by atoms with Gasteiger partial charge in [0.2, 0.25) is 10.0 Å². The Morgan fingerprint density at radius 2 is 2.21 bits per heavy atom. The van der Waals surface area contributed by atoms with Gasteiger partial charge in [0.05, 0.1) is 4.90 Å². The van der Waals surface area contributed by atoms with E-state index in [1.165, 1.54) is 11.3 Å². The predicted molar refractivity (Wildman–Crippen MR) is 57.8 cm³/mol. The van der Waals surface area contributed by atoms with Crippen LogP contribution in [0.2, 0.25) is 0 Å². The summed E-state index contributed by atoms with van der Waals surface area (Å²) in [6.45, 7) is 5.32. The Balaban J connectivity index is 2.94. The van der Waals surface area contributed by atoms with Gasteiger partial charge in [-0.15, -0.1) is 11.3 Å². The van der Waals surface area contributed by atoms with Crippen molar-refractivity contribution in [2.45, 2.75) is 25.3 Å². The molecule has 0 radical (unpaired) electrons. The third-order valence-electron chi connectivity index (χ3n) is 1.78. The number of sulfonamides is 1. The lowest BCUT2D eigenvalue weighted by Crippen LogP contribution is -2.12. The van der Waals surface area contributed by atoms with Gasteiger partial charge in [-0.1, -0.05) is 6.92 Å². The number of nitrogens with one attached hydrogen (secondary N) is 1. The monoisotopic (exact) mass is 234 g/mol. The Labute approximate surface area is 88.2 Å². The molecule has 6 heteroatoms. The molecule has 3 N–H and O–H groups in total. The van der Waals surface area contributed by atoms with Crippen LogP contribution in [0.1, 0.15) is 16.7 Å². The van der Waals surface area contributed by atoms with Crippen LogP contribution in [0.4, 0.5) is 0 Å². The maximum atomic E-state index is 11.1. The molecule has 0 fully saturated rings. The van der Waals surface area contributed by atoms with Crippen molar-refractivity contribution >= 4 is 21.4 Å². The molecule has 1 heterocycles. The lowest BCUT2D eigenvalue weighted by Gasteiger charge is -1.95. The van der Waals surface area contributed by atoms with Crippen LogP contribution in [-0.4, -0.2) is 15.0 Å². The summed E-state index contributed by atoms with van der Waals surface area (Å²) < 4.78 is 22.2. The molecule has 0 unspecified atom stereocenters. The summed E-state index contributed by atoms with van der Waals surface area (Å²) in [6.07, 6.45) is 0. The van der Waals surface area contributed by atoms with Crippen LogP contribution in [0.3, 0.4) is 0 Å². The Bertz CT molecular complexity index is 409. The van der Waals surface area contributed by atoms with Gasteiger partial charge in [-0.25, -0.2) is 13.6 Å². The zero-order chi connectivity index (χ0) is 10.8. The van der Waals surface area contributed by atoms with Crippen LogP contribution in [0.5, 0.6) is 0 Å². The first-order valence-corrected chi connectivity index (χ1v) is 6.64. The van der Waals surface area contributed by atoms with Crippen molar-refractivity contribution in [3.8, 4) is 0 Å². The highest BCUT2D eigenvalue weighted by Gasteiger charge is 2.14. The topological polar surface area (TPSA) is 72.2 Å². The molecule has 0 bridgehead atoms. The molecule has 1 aromatic rings. The fraction of sp³-hybridized carbons (Fsp3) is 0.500. The van der Waals surface area contributed by atoms with Gasteiger partial charge < -0.3 is 5.32 Å². The SMILES string of the molecule is CCNCc1cc(S(N)(=O)=O)c(C)s1. The van der Waals surface area contributed by atoms with Crippen molar-refractivity contribution in [2.75, 3.05) is 6.54 Å². The van der Waals surface area contributed by atoms with E-state index in [2.05, 4.69) is 5.32 Å². The number of thiophene rings is 1. The van der Waals surface area contributed by atoms with E-state index in [0.717, 1.165) is 16.3 Å². The molecular formula is C8H14N2O2S2. The number of nitrogens with two attached hydrogens (primary N) is 1. The smallest absolute Gasteiger partial charge is 0.239 e. The Morgan fingerprint density at radius 3 is 2.64 bits per heavy atom. The summed E-state index contributed by atoms with van der Waals surface area (Å²) in [4.78, 5) is 1.99. The molecule has 80 valence electrons. The first-order chi connectivity index (χ1) is 6.45. The first kappa shape index (κ1) is 11.6. The van der Waals surface area contributed by atoms with Crippen molar-refractivity contribution in [3.63, 3.8) is 0 Å². The fourth-order valence-electron chi connectivity index (χ4n) is 1.14. The highest BCUT2D eigenvalue weighted by atomic mass is 32.2. The van der Waals surface area contributed by atoms with Crippen LogP contribution in [0, 0.1) is 6.92 Å². The average Bonchev–Trinajstić information content (AvgIpc) is 2.42. The number of rotatable bonds is 4. The van der Waals surface area contributed by atoms with Gasteiger partial charge in [0.1, 0.15) is 0 Å². The van der Waals surface area contributed by atoms with Crippen molar-refractivity contribution in [1.82, 2.24) is 5.32 Å². The highest BCUT2D eigenvalue weighted by Crippen LogP contribution is 2.24. The maximum absolute atomic E-state index is 11.1. The van der Waals surface area contributed by atoms with Crippen molar-refractivity contribution < 1.29 is 8.42 Å². The summed E-state index contributed by atoms with van der Waals surface area (Å²) >= 11 is 1.46. The van der Waals surface area contributed by atoms with Crippen LogP contribution < -0.4 is 10.5 Å². The van der Waals surface area contributed by atoms with E-state index < -0.39 is 10.0 Å². The fourth-order valence-corrected chi connectivity index (χ4v) is 3.30. The molecule has 0 atom stereocenters. The zero-order valence-electron chi connectivity index (χ0n) is 8.20. The third-order valence-corrected chi connectivity index (χ3v) is 4.00. The normalized spacial score (nSPS) is 11.9. The standard InChI is InChI=1S/C8H14N2O2S2/c1-3-10-5-7-4-8(6(2)13-7)14(9,11)12/h4,10H,3,5H2,1-2H3,(H2,9,11,12). The lowest BCUT2D eigenvalue weighted by atomic mass is 10.4. The number of hydrogen-bond donors (Lipinski definition) is 2. The molecule has 1 aromatic heterocycles. The second-order valence-corrected chi connectivity index (χ2v) is 5.83. The van der Waals surface area contributed by atoms with Crippen molar-refractivity contribution in [3.05, 3.63) is 15.8 Å². The van der Waals surface area contributed by atoms with Gasteiger partial charge in [-0.2, -0.15) is 0 Å². The number of aryl methyl sites for hydroxylation is 1. The Kier molecular flexibility index (Phi) is 3.65. The molecule has 0 saturated carbocycles. The quantitative estimate of drug-likeness (QED) is 0.810. The van der Waals surface area contributed by atoms with Crippen molar-refractivity contribution in [1.29, 1.82) is 0 Å². The van der Waals surface area contributed by atoms with E-state index in [4.69, 9.17) is 5.14 Å². The predicted octanol–water partition coefficient (Wildman–Crippen LogP) is 0.813. The minimum absolute atomic E-state index is 0.246. The van der Waals surface area contributed by atoms with Gasteiger partial charge in [0.25, 0.3) is 0 Å². The zero-order valence-corrected chi connectivity index (χ0v) is 9.83. The summed E-state index contributed by atoms with van der Waals surface area (Å²) in [5.74, 6) is 0. The summed E-state index contributed by atoms with van der Waals surface area (Å²) in [5, 5.41) is 8.19. The molecule has 0 aromatic carbocycles. The van der Waals surface area contributed by atoms with E-state index in [-0.39, 0.29) is 4.90 Å². The van der Waals surface area contributed by atoms with E-state index in [9.17, 15) is 8.42 Å². The molecule has 4 nitrogen and oxygen atoms in total. The van der Waals surface area contributed by atoms with E-state index in [1.54, 1.807) is 13.0 Å². The molecule has 0 spiro atoms. The van der Waals surface area contributed by atoms with E-state index in [1.807, 2.05) is 6.92 Å². The minimum Gasteiger partial charge on any atom is -0.312 e. The van der Waals surface area contributed by atoms with Gasteiger partial charge in [-0.05, 0) is 19.5 Å². The summed E-state index contributed by atoms with van der Waals surface area (Å²) in [6, 6.07) is 1.64. The van der Waals surface area contributed by atoms with E-state index in [0.29, 0.717) is 6.54 Å². The second-order valence-electron chi connectivity index (χ2n) is 2.96. The van der Waals surface area contributed by atoms with Crippen LogP contribution in [0.25, 0.3) is 0 Å². The molecule has 0 aliphatic heterocycles. The summed E-state index contributed by atoms with van der Waals surface area (Å²) in [7, 11) is -3.56. The molecule has 0 saturated heterocycles. The average molecular weight is 234 g/mol. The maximum Gasteiger partial charge on any atom is 0.239 e. The minimum atomic E-state index is -3.56. The molecule has 1 rings (SSSR count). The highest BCUT2D eigenvalue weighted by molar-refractivity contribution is 7.89. The summed E-state index contributed by atoms with van der Waals surface area (Å²) in [5.41, 5.74) is 0.